The van der Waals surface area contributed by atoms with Gasteiger partial charge in [0.2, 0.25) is 0 Å². The second-order valence-corrected chi connectivity index (χ2v) is 14.2. The third kappa shape index (κ3) is 9.77. The maximum atomic E-state index is 12.5. The second kappa shape index (κ2) is 16.2. The molecule has 2 saturated carbocycles. The highest BCUT2D eigenvalue weighted by molar-refractivity contribution is 5.96. The lowest BCUT2D eigenvalue weighted by molar-refractivity contribution is -0.274. The van der Waals surface area contributed by atoms with Gasteiger partial charge in [0, 0.05) is 11.1 Å². The molecule has 0 radical (unpaired) electrons. The van der Waals surface area contributed by atoms with E-state index in [0.29, 0.717) is 51.3 Å². The van der Waals surface area contributed by atoms with Crippen LogP contribution in [0.5, 0.6) is 5.75 Å². The van der Waals surface area contributed by atoms with Crippen molar-refractivity contribution < 1.29 is 37.7 Å². The minimum absolute atomic E-state index is 0.183. The molecule has 0 spiro atoms. The molecule has 2 fully saturated rings. The summed E-state index contributed by atoms with van der Waals surface area (Å²) in [5.41, 5.74) is 9.74. The Hall–Kier alpha value is -6.69. The van der Waals surface area contributed by atoms with Crippen molar-refractivity contribution in [3.05, 3.63) is 149 Å². The van der Waals surface area contributed by atoms with E-state index < -0.39 is 18.3 Å². The molecule has 0 saturated heterocycles. The van der Waals surface area contributed by atoms with E-state index >= 15 is 0 Å². The van der Waals surface area contributed by atoms with Gasteiger partial charge in [0.15, 0.2) is 0 Å². The number of carbonyl (C=O) groups is 2. The van der Waals surface area contributed by atoms with Crippen LogP contribution >= 0.6 is 0 Å². The summed E-state index contributed by atoms with van der Waals surface area (Å²) in [5.74, 6) is -1.30. The van der Waals surface area contributed by atoms with Gasteiger partial charge in [-0.2, -0.15) is 0 Å². The second-order valence-electron chi connectivity index (χ2n) is 14.2. The van der Waals surface area contributed by atoms with E-state index in [2.05, 4.69) is 25.3 Å². The number of halogens is 3. The maximum Gasteiger partial charge on any atom is 0.573 e. The fourth-order valence-electron chi connectivity index (χ4n) is 6.68. The molecule has 4 aromatic carbocycles. The number of alkyl halides is 3. The Balaban J connectivity index is 0.000000177. The van der Waals surface area contributed by atoms with Crippen molar-refractivity contribution in [2.75, 3.05) is 10.6 Å². The molecule has 0 aliphatic heterocycles. The molecule has 12 heteroatoms. The van der Waals surface area contributed by atoms with Gasteiger partial charge in [0.05, 0.1) is 57.7 Å². The number of hydrogen-bond acceptors (Lipinski definition) is 7. The zero-order chi connectivity index (χ0) is 40.3. The average molecular weight is 773 g/mol. The van der Waals surface area contributed by atoms with Crippen LogP contribution in [0.2, 0.25) is 0 Å². The van der Waals surface area contributed by atoms with Crippen molar-refractivity contribution in [1.29, 1.82) is 0 Å². The topological polar surface area (TPSA) is 134 Å². The van der Waals surface area contributed by atoms with Gasteiger partial charge in [-0.3, -0.25) is 9.97 Å². The Morgan fingerprint density at radius 2 is 1.11 bits per heavy atom. The smallest absolute Gasteiger partial charge is 0.478 e. The largest absolute Gasteiger partial charge is 0.573 e. The van der Waals surface area contributed by atoms with Crippen LogP contribution in [0.3, 0.4) is 0 Å². The summed E-state index contributed by atoms with van der Waals surface area (Å²) in [7, 11) is 0. The molecule has 9 nitrogen and oxygen atoms in total. The molecule has 2 aliphatic carbocycles. The highest BCUT2D eigenvalue weighted by Gasteiger charge is 2.31. The number of aryl methyl sites for hydroxylation is 2. The van der Waals surface area contributed by atoms with Crippen molar-refractivity contribution in [1.82, 2.24) is 9.97 Å². The van der Waals surface area contributed by atoms with Crippen LogP contribution in [0.15, 0.2) is 116 Å². The predicted molar refractivity (Wildman–Crippen MR) is 213 cm³/mol. The fourth-order valence-corrected chi connectivity index (χ4v) is 6.68. The monoisotopic (exact) mass is 772 g/mol. The average Bonchev–Trinajstić information content (AvgIpc) is 4.10. The lowest BCUT2D eigenvalue weighted by atomic mass is 10.0. The van der Waals surface area contributed by atoms with Crippen LogP contribution in [0.25, 0.3) is 22.5 Å². The minimum Gasteiger partial charge on any atom is -0.478 e. The molecule has 0 amide bonds. The van der Waals surface area contributed by atoms with Gasteiger partial charge in [-0.05, 0) is 122 Å². The molecule has 4 N–H and O–H groups in total. The van der Waals surface area contributed by atoms with E-state index in [-0.39, 0.29) is 11.3 Å². The standard InChI is InChI=1S/C23H19F3N2O3.C22H20N2O2/c1-13-9-17(28-20-8-7-15(14-5-6-14)11-19(20)22(29)30)12-27-21(13)16-3-2-4-18(10-16)31-23(24,25)26;1-14-11-18(13-23-21(14)16-5-3-2-4-6-16)24-20-10-9-17(15-7-8-15)12-19(20)22(25)26/h2-4,7-12,14,28H,5-6H2,1H3,(H,29,30);2-6,9-13,15,24H,7-8H2,1H3,(H,25,26). The third-order valence-corrected chi connectivity index (χ3v) is 9.75. The van der Waals surface area contributed by atoms with Crippen LogP contribution < -0.4 is 15.4 Å². The summed E-state index contributed by atoms with van der Waals surface area (Å²) in [6, 6.07) is 30.4. The molecule has 0 bridgehead atoms. The quantitative estimate of drug-likeness (QED) is 0.101. The van der Waals surface area contributed by atoms with E-state index in [0.717, 1.165) is 59.3 Å². The van der Waals surface area contributed by atoms with E-state index in [1.165, 1.54) is 24.4 Å². The lowest BCUT2D eigenvalue weighted by Gasteiger charge is -2.14. The van der Waals surface area contributed by atoms with Gasteiger partial charge < -0.3 is 25.6 Å². The lowest BCUT2D eigenvalue weighted by Crippen LogP contribution is -2.17. The normalized spacial score (nSPS) is 13.6. The highest BCUT2D eigenvalue weighted by Crippen LogP contribution is 2.42. The minimum atomic E-state index is -4.77. The number of aromatic nitrogens is 2. The van der Waals surface area contributed by atoms with Gasteiger partial charge in [0.25, 0.3) is 0 Å². The molecule has 8 rings (SSSR count). The summed E-state index contributed by atoms with van der Waals surface area (Å²) in [5, 5.41) is 25.4. The fraction of sp³-hybridized carbons (Fsp3) is 0.200. The molecule has 2 aliphatic rings. The number of carboxylic acids is 2. The number of rotatable bonds is 11. The van der Waals surface area contributed by atoms with Gasteiger partial charge >= 0.3 is 18.3 Å². The number of ether oxygens (including phenoxy) is 1. The highest BCUT2D eigenvalue weighted by atomic mass is 19.4. The SMILES string of the molecule is Cc1cc(Nc2ccc(C3CC3)cc2C(=O)O)cnc1-c1cccc(OC(F)(F)F)c1.Cc1cc(Nc2ccc(C3CC3)cc2C(=O)O)cnc1-c1ccccc1. The number of hydrogen-bond donors (Lipinski definition) is 4. The summed E-state index contributed by atoms with van der Waals surface area (Å²) in [4.78, 5) is 32.3. The van der Waals surface area contributed by atoms with Gasteiger partial charge in [-0.1, -0.05) is 54.6 Å². The summed E-state index contributed by atoms with van der Waals surface area (Å²) in [6.45, 7) is 3.79. The van der Waals surface area contributed by atoms with E-state index in [4.69, 9.17) is 0 Å². The van der Waals surface area contributed by atoms with Crippen LogP contribution in [-0.2, 0) is 0 Å². The van der Waals surface area contributed by atoms with Gasteiger partial charge in [-0.25, -0.2) is 9.59 Å². The Bertz CT molecular complexity index is 2450. The molecule has 57 heavy (non-hydrogen) atoms. The number of carboxylic acid groups (broad SMARTS) is 2. The first-order valence-corrected chi connectivity index (χ1v) is 18.4. The van der Waals surface area contributed by atoms with Crippen LogP contribution in [0.4, 0.5) is 35.9 Å². The van der Waals surface area contributed by atoms with Crippen molar-refractivity contribution in [2.45, 2.75) is 57.7 Å². The molecule has 2 heterocycles. The van der Waals surface area contributed by atoms with E-state index in [1.807, 2.05) is 61.5 Å². The number of pyridine rings is 2. The number of nitrogens with one attached hydrogen (secondary N) is 2. The zero-order valence-electron chi connectivity index (χ0n) is 31.1. The predicted octanol–water partition coefficient (Wildman–Crippen LogP) is 11.7. The van der Waals surface area contributed by atoms with Crippen molar-refractivity contribution in [3.63, 3.8) is 0 Å². The Morgan fingerprint density at radius 3 is 1.54 bits per heavy atom. The Morgan fingerprint density at radius 1 is 0.632 bits per heavy atom. The van der Waals surface area contributed by atoms with Gasteiger partial charge in [0.1, 0.15) is 5.75 Å². The summed E-state index contributed by atoms with van der Waals surface area (Å²) in [6.07, 6.45) is 2.94. The molecular formula is C45H39F3N4O5. The molecule has 0 unspecified atom stereocenters. The van der Waals surface area contributed by atoms with E-state index in [1.54, 1.807) is 43.5 Å². The van der Waals surface area contributed by atoms with Crippen LogP contribution in [0, 0.1) is 13.8 Å². The Kier molecular flexibility index (Phi) is 11.0. The molecule has 6 aromatic rings. The maximum absolute atomic E-state index is 12.5. The number of benzene rings is 4. The van der Waals surface area contributed by atoms with Crippen molar-refractivity contribution >= 4 is 34.7 Å². The van der Waals surface area contributed by atoms with Crippen molar-refractivity contribution in [2.24, 2.45) is 0 Å². The number of aromatic carboxylic acids is 2. The first-order valence-electron chi connectivity index (χ1n) is 18.4. The third-order valence-electron chi connectivity index (χ3n) is 9.75. The number of anilines is 4. The summed E-state index contributed by atoms with van der Waals surface area (Å²) < 4.78 is 41.4. The first kappa shape index (κ1) is 38.6. The summed E-state index contributed by atoms with van der Waals surface area (Å²) >= 11 is 0. The van der Waals surface area contributed by atoms with Crippen LogP contribution in [0.1, 0.15) is 80.5 Å². The molecular weight excluding hydrogens is 734 g/mol. The Labute approximate surface area is 327 Å². The zero-order valence-corrected chi connectivity index (χ0v) is 31.1. The number of nitrogens with zero attached hydrogens (tertiary/aromatic N) is 2. The van der Waals surface area contributed by atoms with E-state index in [9.17, 15) is 33.0 Å². The molecule has 290 valence electrons. The van der Waals surface area contributed by atoms with Gasteiger partial charge in [-0.15, -0.1) is 13.2 Å². The molecule has 2 aromatic heterocycles. The van der Waals surface area contributed by atoms with Crippen LogP contribution in [-0.4, -0.2) is 38.5 Å². The van der Waals surface area contributed by atoms with Crippen molar-refractivity contribution in [3.8, 4) is 28.3 Å². The molecule has 0 atom stereocenters. The first-order chi connectivity index (χ1) is 27.3.